The molecule has 5 heteroatoms. The number of aliphatic carboxylic acids is 1. The zero-order chi connectivity index (χ0) is 15.0. The predicted octanol–water partition coefficient (Wildman–Crippen LogP) is 2.72. The van der Waals surface area contributed by atoms with Crippen LogP contribution < -0.4 is 4.74 Å². The minimum atomic E-state index is -0.756. The van der Waals surface area contributed by atoms with Crippen molar-refractivity contribution in [1.29, 1.82) is 0 Å². The van der Waals surface area contributed by atoms with E-state index in [-0.39, 0.29) is 5.92 Å². The smallest absolute Gasteiger partial charge is 0.307 e. The number of fused-ring (bicyclic) bond motifs is 1. The molecule has 2 aromatic rings. The quantitative estimate of drug-likeness (QED) is 0.881. The number of nitrogens with zero attached hydrogens (tertiary/aromatic N) is 2. The summed E-state index contributed by atoms with van der Waals surface area (Å²) in [7, 11) is 3.56. The van der Waals surface area contributed by atoms with Crippen molar-refractivity contribution in [2.45, 2.75) is 18.8 Å². The van der Waals surface area contributed by atoms with Crippen molar-refractivity contribution in [3.63, 3.8) is 0 Å². The summed E-state index contributed by atoms with van der Waals surface area (Å²) in [5, 5.41) is 9.43. The van der Waals surface area contributed by atoms with Crippen LogP contribution in [0.1, 0.15) is 24.6 Å². The minimum Gasteiger partial charge on any atom is -0.497 e. The molecule has 1 aliphatic carbocycles. The zero-order valence-electron chi connectivity index (χ0n) is 12.1. The van der Waals surface area contributed by atoms with Crippen LogP contribution >= 0.6 is 0 Å². The normalized spacial score (nSPS) is 21.6. The molecule has 0 saturated carbocycles. The van der Waals surface area contributed by atoms with Crippen molar-refractivity contribution >= 4 is 17.0 Å². The monoisotopic (exact) mass is 286 g/mol. The predicted molar refractivity (Wildman–Crippen MR) is 79.5 cm³/mol. The molecule has 1 aromatic heterocycles. The fourth-order valence-corrected chi connectivity index (χ4v) is 3.03. The molecule has 3 rings (SSSR count). The van der Waals surface area contributed by atoms with Crippen LogP contribution in [0.5, 0.6) is 5.75 Å². The van der Waals surface area contributed by atoms with Crippen molar-refractivity contribution in [2.75, 3.05) is 7.11 Å². The van der Waals surface area contributed by atoms with E-state index in [0.29, 0.717) is 12.8 Å². The average Bonchev–Trinajstić information content (AvgIpc) is 2.83. The van der Waals surface area contributed by atoms with Gasteiger partial charge >= 0.3 is 5.97 Å². The van der Waals surface area contributed by atoms with Gasteiger partial charge in [0.15, 0.2) is 0 Å². The van der Waals surface area contributed by atoms with Crippen LogP contribution in [-0.4, -0.2) is 27.7 Å². The van der Waals surface area contributed by atoms with E-state index < -0.39 is 11.9 Å². The number of hydrogen-bond acceptors (Lipinski definition) is 3. The molecular weight excluding hydrogens is 268 g/mol. The van der Waals surface area contributed by atoms with E-state index in [1.54, 1.807) is 7.11 Å². The third kappa shape index (κ3) is 2.28. The third-order valence-corrected chi connectivity index (χ3v) is 4.20. The molecule has 1 aliphatic rings. The molecule has 0 amide bonds. The molecule has 110 valence electrons. The summed E-state index contributed by atoms with van der Waals surface area (Å²) in [5.74, 6) is 0.331. The van der Waals surface area contributed by atoms with Crippen molar-refractivity contribution < 1.29 is 14.6 Å². The van der Waals surface area contributed by atoms with E-state index in [0.717, 1.165) is 22.6 Å². The van der Waals surface area contributed by atoms with Crippen LogP contribution in [0.2, 0.25) is 0 Å². The number of carbonyl (C=O) groups is 1. The molecule has 5 nitrogen and oxygen atoms in total. The summed E-state index contributed by atoms with van der Waals surface area (Å²) < 4.78 is 7.22. The van der Waals surface area contributed by atoms with Crippen LogP contribution in [0.15, 0.2) is 30.4 Å². The van der Waals surface area contributed by atoms with Crippen LogP contribution in [0.4, 0.5) is 0 Å². The first-order chi connectivity index (χ1) is 10.1. The van der Waals surface area contributed by atoms with Gasteiger partial charge in [-0.1, -0.05) is 12.2 Å². The minimum absolute atomic E-state index is 0.0871. The lowest BCUT2D eigenvalue weighted by molar-refractivity contribution is -0.142. The Morgan fingerprint density at radius 1 is 1.38 bits per heavy atom. The summed E-state index contributed by atoms with van der Waals surface area (Å²) in [6, 6.07) is 5.73. The lowest BCUT2D eigenvalue weighted by Gasteiger charge is -2.24. The Morgan fingerprint density at radius 2 is 2.14 bits per heavy atom. The number of aromatic nitrogens is 2. The van der Waals surface area contributed by atoms with Crippen LogP contribution in [-0.2, 0) is 11.8 Å². The molecular formula is C16H18N2O3. The molecule has 1 N–H and O–H groups in total. The number of carboxylic acid groups (broad SMARTS) is 1. The topological polar surface area (TPSA) is 64.3 Å². The fourth-order valence-electron chi connectivity index (χ4n) is 3.03. The molecule has 0 unspecified atom stereocenters. The van der Waals surface area contributed by atoms with Crippen LogP contribution in [0.25, 0.3) is 11.0 Å². The fraction of sp³-hybridized carbons (Fsp3) is 0.375. The first kappa shape index (κ1) is 13.7. The largest absolute Gasteiger partial charge is 0.497 e. The summed E-state index contributed by atoms with van der Waals surface area (Å²) in [5.41, 5.74) is 1.83. The third-order valence-electron chi connectivity index (χ3n) is 4.20. The summed E-state index contributed by atoms with van der Waals surface area (Å²) >= 11 is 0. The number of hydrogen-bond donors (Lipinski definition) is 1. The molecule has 1 heterocycles. The molecule has 21 heavy (non-hydrogen) atoms. The molecule has 1 aromatic carbocycles. The molecule has 0 saturated heterocycles. The van der Waals surface area contributed by atoms with Crippen LogP contribution in [0.3, 0.4) is 0 Å². The highest BCUT2D eigenvalue weighted by Gasteiger charge is 2.33. The average molecular weight is 286 g/mol. The van der Waals surface area contributed by atoms with E-state index in [1.165, 1.54) is 0 Å². The molecule has 0 aliphatic heterocycles. The Hall–Kier alpha value is -2.30. The van der Waals surface area contributed by atoms with Gasteiger partial charge in [-0.05, 0) is 25.0 Å². The second-order valence-electron chi connectivity index (χ2n) is 5.38. The zero-order valence-corrected chi connectivity index (χ0v) is 12.1. The Morgan fingerprint density at radius 3 is 2.86 bits per heavy atom. The standard InChI is InChI=1S/C16H18N2O3/c1-18-14-8-7-10(21-2)9-13(14)17-15(18)11-5-3-4-6-12(11)16(19)20/h3-4,7-9,11-12H,5-6H2,1-2H3,(H,19,20)/t11-,12+/m1/s1. The Bertz CT molecular complexity index is 718. The highest BCUT2D eigenvalue weighted by atomic mass is 16.5. The van der Waals surface area contributed by atoms with Gasteiger partial charge in [-0.15, -0.1) is 0 Å². The molecule has 0 spiro atoms. The summed E-state index contributed by atoms with van der Waals surface area (Å²) in [6.07, 6.45) is 5.27. The van der Waals surface area contributed by atoms with Crippen molar-refractivity contribution in [1.82, 2.24) is 9.55 Å². The van der Waals surface area contributed by atoms with Gasteiger partial charge in [0.1, 0.15) is 11.6 Å². The van der Waals surface area contributed by atoms with Crippen LogP contribution in [0, 0.1) is 5.92 Å². The second-order valence-corrected chi connectivity index (χ2v) is 5.38. The summed E-state index contributed by atoms with van der Waals surface area (Å²) in [6.45, 7) is 0. The highest BCUT2D eigenvalue weighted by Crippen LogP contribution is 2.35. The number of imidazole rings is 1. The molecule has 2 atom stereocenters. The van der Waals surface area contributed by atoms with Gasteiger partial charge in [0.05, 0.1) is 24.1 Å². The van der Waals surface area contributed by atoms with Gasteiger partial charge in [0.2, 0.25) is 0 Å². The van der Waals surface area contributed by atoms with Gasteiger partial charge in [0, 0.05) is 19.0 Å². The van der Waals surface area contributed by atoms with Gasteiger partial charge in [-0.3, -0.25) is 4.79 Å². The Balaban J connectivity index is 2.09. The van der Waals surface area contributed by atoms with E-state index >= 15 is 0 Å². The number of allylic oxidation sites excluding steroid dienone is 2. The SMILES string of the molecule is COc1ccc2c(c1)nc([C@@H]1CC=CC[C@@H]1C(=O)O)n2C. The van der Waals surface area contributed by atoms with Gasteiger partial charge < -0.3 is 14.4 Å². The first-order valence-electron chi connectivity index (χ1n) is 7.00. The second kappa shape index (κ2) is 5.24. The first-order valence-corrected chi connectivity index (χ1v) is 7.00. The van der Waals surface area contributed by atoms with E-state index in [4.69, 9.17) is 4.74 Å². The van der Waals surface area contributed by atoms with E-state index in [2.05, 4.69) is 4.98 Å². The number of aryl methyl sites for hydroxylation is 1. The number of benzene rings is 1. The van der Waals surface area contributed by atoms with Crippen molar-refractivity contribution in [2.24, 2.45) is 13.0 Å². The Labute approximate surface area is 122 Å². The number of ether oxygens (including phenoxy) is 1. The number of methoxy groups -OCH3 is 1. The van der Waals surface area contributed by atoms with Crippen molar-refractivity contribution in [3.8, 4) is 5.75 Å². The maximum absolute atomic E-state index is 11.5. The number of rotatable bonds is 3. The van der Waals surface area contributed by atoms with Gasteiger partial charge in [-0.2, -0.15) is 0 Å². The molecule has 0 fully saturated rings. The molecule has 0 bridgehead atoms. The summed E-state index contributed by atoms with van der Waals surface area (Å²) in [4.78, 5) is 16.1. The van der Waals surface area contributed by atoms with Gasteiger partial charge in [0.25, 0.3) is 0 Å². The Kier molecular flexibility index (Phi) is 3.41. The maximum atomic E-state index is 11.5. The lowest BCUT2D eigenvalue weighted by Crippen LogP contribution is -2.25. The van der Waals surface area contributed by atoms with Crippen molar-refractivity contribution in [3.05, 3.63) is 36.2 Å². The maximum Gasteiger partial charge on any atom is 0.307 e. The molecule has 0 radical (unpaired) electrons. The lowest BCUT2D eigenvalue weighted by atomic mass is 9.82. The van der Waals surface area contributed by atoms with E-state index in [1.807, 2.05) is 42.0 Å². The number of carboxylic acids is 1. The van der Waals surface area contributed by atoms with Gasteiger partial charge in [-0.25, -0.2) is 4.98 Å². The highest BCUT2D eigenvalue weighted by molar-refractivity contribution is 5.78. The van der Waals surface area contributed by atoms with E-state index in [9.17, 15) is 9.90 Å².